The number of hydrogen-bond donors (Lipinski definition) is 0. The van der Waals surface area contributed by atoms with Crippen molar-refractivity contribution >= 4 is 23.2 Å². The van der Waals surface area contributed by atoms with E-state index < -0.39 is 23.2 Å². The maximum Gasteiger partial charge on any atom is 0.281 e. The fraction of sp³-hybridized carbons (Fsp3) is 0.250. The van der Waals surface area contributed by atoms with Gasteiger partial charge in [-0.05, 0) is 42.5 Å². The van der Waals surface area contributed by atoms with Gasteiger partial charge in [0, 0.05) is 12.0 Å². The van der Waals surface area contributed by atoms with Gasteiger partial charge in [-0.25, -0.2) is 9.29 Å². The Kier molecular flexibility index (Phi) is 3.61. The third kappa shape index (κ3) is 2.52. The lowest BCUT2D eigenvalue weighted by Gasteiger charge is -2.20. The van der Waals surface area contributed by atoms with Gasteiger partial charge in [0.25, 0.3) is 5.91 Å². The van der Waals surface area contributed by atoms with E-state index in [4.69, 9.17) is 14.3 Å². The molecule has 28 heavy (non-hydrogen) atoms. The lowest BCUT2D eigenvalue weighted by Crippen LogP contribution is -2.40. The van der Waals surface area contributed by atoms with E-state index in [1.54, 1.807) is 12.1 Å². The fourth-order valence-corrected chi connectivity index (χ4v) is 3.63. The molecule has 5 rings (SSSR count). The molecule has 3 aliphatic rings. The molecule has 2 aromatic carbocycles. The standard InChI is InChI=1S/C20H15FN2O5/c21-13-2-4-14(5-3-13)23-18(24)11-20(19(23)25)10-15(22-28-20)12-1-6-16-17(9-12)27-8-7-26-16/h1-6,9H,7-8,10-11H2/t20-/m1/s1. The molecule has 7 nitrogen and oxygen atoms in total. The highest BCUT2D eigenvalue weighted by Crippen LogP contribution is 2.40. The number of imide groups is 1. The van der Waals surface area contributed by atoms with Crippen molar-refractivity contribution in [2.45, 2.75) is 18.4 Å². The SMILES string of the molecule is O=C1C[C@]2(CC(c3ccc4c(c3)OCCO4)=NO2)C(=O)N1c1ccc(F)cc1. The van der Waals surface area contributed by atoms with E-state index in [9.17, 15) is 14.0 Å². The van der Waals surface area contributed by atoms with E-state index >= 15 is 0 Å². The topological polar surface area (TPSA) is 77.4 Å². The van der Waals surface area contributed by atoms with Crippen molar-refractivity contribution in [3.05, 3.63) is 53.8 Å². The van der Waals surface area contributed by atoms with Crippen molar-refractivity contribution in [2.75, 3.05) is 18.1 Å². The molecule has 2 amide bonds. The van der Waals surface area contributed by atoms with E-state index in [0.717, 1.165) is 10.5 Å². The first kappa shape index (κ1) is 16.7. The van der Waals surface area contributed by atoms with Gasteiger partial charge in [-0.3, -0.25) is 9.59 Å². The number of nitrogens with zero attached hydrogens (tertiary/aromatic N) is 2. The lowest BCUT2D eigenvalue weighted by molar-refractivity contribution is -0.136. The number of rotatable bonds is 2. The molecule has 3 aliphatic heterocycles. The molecule has 142 valence electrons. The Hall–Kier alpha value is -3.42. The van der Waals surface area contributed by atoms with Crippen LogP contribution in [0.3, 0.4) is 0 Å². The predicted octanol–water partition coefficient (Wildman–Crippen LogP) is 2.42. The number of carbonyl (C=O) groups is 2. The quantitative estimate of drug-likeness (QED) is 0.746. The van der Waals surface area contributed by atoms with Crippen molar-refractivity contribution in [2.24, 2.45) is 5.16 Å². The fourth-order valence-electron chi connectivity index (χ4n) is 3.63. The molecule has 2 aromatic rings. The van der Waals surface area contributed by atoms with Crippen LogP contribution in [0.4, 0.5) is 10.1 Å². The first-order valence-electron chi connectivity index (χ1n) is 8.84. The van der Waals surface area contributed by atoms with E-state index in [-0.39, 0.29) is 12.8 Å². The van der Waals surface area contributed by atoms with Crippen LogP contribution in [0.25, 0.3) is 0 Å². The highest BCUT2D eigenvalue weighted by Gasteiger charge is 2.58. The van der Waals surface area contributed by atoms with Crippen LogP contribution in [-0.4, -0.2) is 36.3 Å². The molecular weight excluding hydrogens is 367 g/mol. The Morgan fingerprint density at radius 1 is 0.964 bits per heavy atom. The van der Waals surface area contributed by atoms with Crippen molar-refractivity contribution in [3.63, 3.8) is 0 Å². The maximum atomic E-state index is 13.2. The van der Waals surface area contributed by atoms with Crippen LogP contribution >= 0.6 is 0 Å². The summed E-state index contributed by atoms with van der Waals surface area (Å²) in [5.41, 5.74) is 0.235. The second kappa shape index (κ2) is 6.05. The first-order chi connectivity index (χ1) is 13.6. The summed E-state index contributed by atoms with van der Waals surface area (Å²) < 4.78 is 24.3. The van der Waals surface area contributed by atoms with Crippen LogP contribution in [0.5, 0.6) is 11.5 Å². The average Bonchev–Trinajstić information content (AvgIpc) is 3.24. The van der Waals surface area contributed by atoms with E-state index in [2.05, 4.69) is 5.16 Å². The number of amides is 2. The van der Waals surface area contributed by atoms with Gasteiger partial charge in [0.15, 0.2) is 11.5 Å². The van der Waals surface area contributed by atoms with Crippen molar-refractivity contribution in [1.29, 1.82) is 0 Å². The summed E-state index contributed by atoms with van der Waals surface area (Å²) in [5, 5.41) is 4.08. The molecule has 0 aliphatic carbocycles. The summed E-state index contributed by atoms with van der Waals surface area (Å²) in [5.74, 6) is -0.0949. The molecular formula is C20H15FN2O5. The number of benzene rings is 2. The normalized spacial score (nSPS) is 23.2. The van der Waals surface area contributed by atoms with Crippen molar-refractivity contribution < 1.29 is 28.3 Å². The molecule has 1 saturated heterocycles. The van der Waals surface area contributed by atoms with Gasteiger partial charge in [-0.15, -0.1) is 0 Å². The van der Waals surface area contributed by atoms with Crippen LogP contribution < -0.4 is 14.4 Å². The van der Waals surface area contributed by atoms with Gasteiger partial charge in [-0.2, -0.15) is 0 Å². The summed E-state index contributed by atoms with van der Waals surface area (Å²) in [4.78, 5) is 32.0. The average molecular weight is 382 g/mol. The van der Waals surface area contributed by atoms with Gasteiger partial charge >= 0.3 is 0 Å². The number of hydrogen-bond acceptors (Lipinski definition) is 6. The van der Waals surface area contributed by atoms with Crippen LogP contribution in [0.15, 0.2) is 47.6 Å². The molecule has 1 spiro atoms. The second-order valence-corrected chi connectivity index (χ2v) is 6.85. The smallest absolute Gasteiger partial charge is 0.281 e. The Morgan fingerprint density at radius 2 is 1.71 bits per heavy atom. The Morgan fingerprint density at radius 3 is 2.50 bits per heavy atom. The van der Waals surface area contributed by atoms with E-state index in [1.807, 2.05) is 6.07 Å². The molecule has 0 saturated carbocycles. The molecule has 0 unspecified atom stereocenters. The van der Waals surface area contributed by atoms with Crippen LogP contribution in [-0.2, 0) is 14.4 Å². The predicted molar refractivity (Wildman–Crippen MR) is 95.9 cm³/mol. The van der Waals surface area contributed by atoms with Gasteiger partial charge in [0.05, 0.1) is 17.8 Å². The van der Waals surface area contributed by atoms with Crippen LogP contribution in [0, 0.1) is 5.82 Å². The van der Waals surface area contributed by atoms with Gasteiger partial charge in [0.2, 0.25) is 11.5 Å². The molecule has 0 bridgehead atoms. The molecule has 3 heterocycles. The zero-order valence-corrected chi connectivity index (χ0v) is 14.7. The number of carbonyl (C=O) groups excluding carboxylic acids is 2. The summed E-state index contributed by atoms with van der Waals surface area (Å²) in [6.45, 7) is 0.957. The number of anilines is 1. The summed E-state index contributed by atoms with van der Waals surface area (Å²) in [6, 6.07) is 10.6. The Balaban J connectivity index is 1.40. The largest absolute Gasteiger partial charge is 0.486 e. The zero-order chi connectivity index (χ0) is 19.3. The zero-order valence-electron chi connectivity index (χ0n) is 14.7. The van der Waals surface area contributed by atoms with Crippen LogP contribution in [0.1, 0.15) is 18.4 Å². The lowest BCUT2D eigenvalue weighted by atomic mass is 9.92. The monoisotopic (exact) mass is 382 g/mol. The summed E-state index contributed by atoms with van der Waals surface area (Å²) >= 11 is 0. The van der Waals surface area contributed by atoms with Crippen molar-refractivity contribution in [1.82, 2.24) is 0 Å². The number of halogens is 1. The van der Waals surface area contributed by atoms with Gasteiger partial charge in [0.1, 0.15) is 19.0 Å². The second-order valence-electron chi connectivity index (χ2n) is 6.85. The molecule has 1 fully saturated rings. The Bertz CT molecular complexity index is 1020. The number of fused-ring (bicyclic) bond motifs is 1. The first-order valence-corrected chi connectivity index (χ1v) is 8.84. The third-order valence-corrected chi connectivity index (χ3v) is 5.02. The van der Waals surface area contributed by atoms with E-state index in [1.165, 1.54) is 24.3 Å². The third-order valence-electron chi connectivity index (χ3n) is 5.02. The summed E-state index contributed by atoms with van der Waals surface area (Å²) in [7, 11) is 0. The highest BCUT2D eigenvalue weighted by molar-refractivity contribution is 6.25. The summed E-state index contributed by atoms with van der Waals surface area (Å²) in [6.07, 6.45) is 0.0374. The van der Waals surface area contributed by atoms with Crippen LogP contribution in [0.2, 0.25) is 0 Å². The number of oxime groups is 1. The van der Waals surface area contributed by atoms with Gasteiger partial charge < -0.3 is 14.3 Å². The molecule has 8 heteroatoms. The van der Waals surface area contributed by atoms with Gasteiger partial charge in [-0.1, -0.05) is 5.16 Å². The minimum absolute atomic E-state index is 0.124. The molecule has 0 aromatic heterocycles. The van der Waals surface area contributed by atoms with Crippen molar-refractivity contribution in [3.8, 4) is 11.5 Å². The molecule has 0 N–H and O–H groups in total. The highest BCUT2D eigenvalue weighted by atomic mass is 19.1. The Labute approximate surface area is 159 Å². The molecule has 0 radical (unpaired) electrons. The number of ether oxygens (including phenoxy) is 2. The minimum Gasteiger partial charge on any atom is -0.486 e. The maximum absolute atomic E-state index is 13.2. The van der Waals surface area contributed by atoms with E-state index in [0.29, 0.717) is 36.1 Å². The minimum atomic E-state index is -1.37. The molecule has 1 atom stereocenters.